The lowest BCUT2D eigenvalue weighted by Gasteiger charge is -2.28. The molecule has 104 valence electrons. The third-order valence-corrected chi connectivity index (χ3v) is 3.19. The predicted octanol–water partition coefficient (Wildman–Crippen LogP) is 2.80. The Morgan fingerprint density at radius 2 is 2.16 bits per heavy atom. The van der Waals surface area contributed by atoms with Crippen LogP contribution in [0.5, 0.6) is 0 Å². The van der Waals surface area contributed by atoms with E-state index in [-0.39, 0.29) is 19.0 Å². The van der Waals surface area contributed by atoms with E-state index in [0.717, 1.165) is 5.56 Å². The molecule has 0 fully saturated rings. The van der Waals surface area contributed by atoms with Gasteiger partial charge in [-0.1, -0.05) is 6.08 Å². The van der Waals surface area contributed by atoms with Crippen LogP contribution >= 0.6 is 0 Å². The van der Waals surface area contributed by atoms with Crippen LogP contribution in [-0.2, 0) is 0 Å². The molecule has 0 saturated carbocycles. The SMILES string of the molecule is C[C@@H](N)c1ccnc(N2CC=C(C(F)(F)F)CC2)c1. The summed E-state index contributed by atoms with van der Waals surface area (Å²) < 4.78 is 37.6. The van der Waals surface area contributed by atoms with Gasteiger partial charge in [0, 0.05) is 30.9 Å². The number of hydrogen-bond donors (Lipinski definition) is 1. The van der Waals surface area contributed by atoms with Gasteiger partial charge < -0.3 is 10.6 Å². The lowest BCUT2D eigenvalue weighted by atomic mass is 10.1. The molecule has 0 spiro atoms. The van der Waals surface area contributed by atoms with Crippen LogP contribution in [0.4, 0.5) is 19.0 Å². The molecule has 1 aromatic rings. The van der Waals surface area contributed by atoms with Crippen LogP contribution in [0.25, 0.3) is 0 Å². The standard InChI is InChI=1S/C13H16F3N3/c1-9(17)10-2-5-18-12(8-10)19-6-3-11(4-7-19)13(14,15)16/h2-3,5,8-9H,4,6-7,17H2,1H3/t9-/m1/s1. The number of hydrogen-bond acceptors (Lipinski definition) is 3. The Labute approximate surface area is 109 Å². The Kier molecular flexibility index (Phi) is 3.80. The summed E-state index contributed by atoms with van der Waals surface area (Å²) in [6, 6.07) is 3.53. The summed E-state index contributed by atoms with van der Waals surface area (Å²) in [6.45, 7) is 2.40. The first kappa shape index (κ1) is 13.9. The number of nitrogens with zero attached hydrogens (tertiary/aromatic N) is 2. The number of aromatic nitrogens is 1. The number of anilines is 1. The molecule has 2 rings (SSSR count). The monoisotopic (exact) mass is 271 g/mol. The molecule has 19 heavy (non-hydrogen) atoms. The number of rotatable bonds is 2. The highest BCUT2D eigenvalue weighted by Gasteiger charge is 2.34. The van der Waals surface area contributed by atoms with Crippen molar-refractivity contribution < 1.29 is 13.2 Å². The first-order valence-electron chi connectivity index (χ1n) is 6.10. The van der Waals surface area contributed by atoms with Crippen molar-refractivity contribution in [2.75, 3.05) is 18.0 Å². The van der Waals surface area contributed by atoms with Gasteiger partial charge in [0.05, 0.1) is 0 Å². The van der Waals surface area contributed by atoms with Crippen LogP contribution in [0.3, 0.4) is 0 Å². The molecule has 1 aliphatic heterocycles. The van der Waals surface area contributed by atoms with Crippen LogP contribution in [0, 0.1) is 0 Å². The zero-order valence-corrected chi connectivity index (χ0v) is 10.6. The molecule has 0 aliphatic carbocycles. The molecule has 6 heteroatoms. The van der Waals surface area contributed by atoms with Crippen molar-refractivity contribution in [2.45, 2.75) is 25.6 Å². The van der Waals surface area contributed by atoms with E-state index in [1.165, 1.54) is 6.08 Å². The van der Waals surface area contributed by atoms with Gasteiger partial charge in [0.25, 0.3) is 0 Å². The molecule has 0 bridgehead atoms. The maximum Gasteiger partial charge on any atom is 0.412 e. The summed E-state index contributed by atoms with van der Waals surface area (Å²) in [5.41, 5.74) is 6.26. The molecule has 1 aromatic heterocycles. The molecule has 1 atom stereocenters. The van der Waals surface area contributed by atoms with E-state index >= 15 is 0 Å². The van der Waals surface area contributed by atoms with E-state index in [4.69, 9.17) is 5.73 Å². The van der Waals surface area contributed by atoms with Gasteiger partial charge in [0.2, 0.25) is 0 Å². The van der Waals surface area contributed by atoms with Crippen molar-refractivity contribution in [1.29, 1.82) is 0 Å². The van der Waals surface area contributed by atoms with Crippen LogP contribution in [-0.4, -0.2) is 24.2 Å². The number of alkyl halides is 3. The summed E-state index contributed by atoms with van der Waals surface area (Å²) >= 11 is 0. The summed E-state index contributed by atoms with van der Waals surface area (Å²) in [5.74, 6) is 0.673. The van der Waals surface area contributed by atoms with Crippen LogP contribution < -0.4 is 10.6 Å². The highest BCUT2D eigenvalue weighted by Crippen LogP contribution is 2.31. The van der Waals surface area contributed by atoms with Crippen molar-refractivity contribution in [1.82, 2.24) is 4.98 Å². The summed E-state index contributed by atoms with van der Waals surface area (Å²) in [7, 11) is 0. The molecule has 3 nitrogen and oxygen atoms in total. The van der Waals surface area contributed by atoms with Crippen molar-refractivity contribution in [2.24, 2.45) is 5.73 Å². The average molecular weight is 271 g/mol. The third kappa shape index (κ3) is 3.26. The van der Waals surface area contributed by atoms with Gasteiger partial charge >= 0.3 is 6.18 Å². The molecular weight excluding hydrogens is 255 g/mol. The van der Waals surface area contributed by atoms with Gasteiger partial charge in [-0.2, -0.15) is 13.2 Å². The second-order valence-electron chi connectivity index (χ2n) is 4.66. The molecule has 2 N–H and O–H groups in total. The fraction of sp³-hybridized carbons (Fsp3) is 0.462. The van der Waals surface area contributed by atoms with E-state index in [1.54, 1.807) is 6.20 Å². The van der Waals surface area contributed by atoms with E-state index in [2.05, 4.69) is 4.98 Å². The minimum Gasteiger partial charge on any atom is -0.353 e. The maximum atomic E-state index is 12.5. The first-order valence-corrected chi connectivity index (χ1v) is 6.10. The van der Waals surface area contributed by atoms with Crippen molar-refractivity contribution in [3.8, 4) is 0 Å². The fourth-order valence-electron chi connectivity index (χ4n) is 2.03. The van der Waals surface area contributed by atoms with E-state index in [9.17, 15) is 13.2 Å². The molecule has 0 radical (unpaired) electrons. The van der Waals surface area contributed by atoms with Gasteiger partial charge in [-0.3, -0.25) is 0 Å². The zero-order valence-electron chi connectivity index (χ0n) is 10.6. The second kappa shape index (κ2) is 5.21. The van der Waals surface area contributed by atoms with E-state index in [1.807, 2.05) is 24.0 Å². The third-order valence-electron chi connectivity index (χ3n) is 3.19. The lowest BCUT2D eigenvalue weighted by molar-refractivity contribution is -0.0944. The predicted molar refractivity (Wildman–Crippen MR) is 67.8 cm³/mol. The number of nitrogens with two attached hydrogens (primary N) is 1. The van der Waals surface area contributed by atoms with Crippen molar-refractivity contribution in [3.05, 3.63) is 35.5 Å². The quantitative estimate of drug-likeness (QED) is 0.841. The maximum absolute atomic E-state index is 12.5. The minimum absolute atomic E-state index is 0.00636. The Balaban J connectivity index is 2.14. The smallest absolute Gasteiger partial charge is 0.353 e. The van der Waals surface area contributed by atoms with Gasteiger partial charge in [0.1, 0.15) is 5.82 Å². The van der Waals surface area contributed by atoms with Gasteiger partial charge in [0.15, 0.2) is 0 Å². The molecule has 2 heterocycles. The summed E-state index contributed by atoms with van der Waals surface area (Å²) in [6.07, 6.45) is -1.36. The molecule has 0 aromatic carbocycles. The normalized spacial score (nSPS) is 18.2. The molecule has 1 aliphatic rings. The highest BCUT2D eigenvalue weighted by molar-refractivity contribution is 5.44. The highest BCUT2D eigenvalue weighted by atomic mass is 19.4. The summed E-state index contributed by atoms with van der Waals surface area (Å²) in [5, 5.41) is 0. The molecule has 0 amide bonds. The van der Waals surface area contributed by atoms with E-state index in [0.29, 0.717) is 12.4 Å². The number of halogens is 3. The van der Waals surface area contributed by atoms with Gasteiger partial charge in [-0.15, -0.1) is 0 Å². The van der Waals surface area contributed by atoms with E-state index < -0.39 is 11.7 Å². The summed E-state index contributed by atoms with van der Waals surface area (Å²) in [4.78, 5) is 6.01. The van der Waals surface area contributed by atoms with Gasteiger partial charge in [-0.05, 0) is 31.0 Å². The first-order chi connectivity index (χ1) is 8.88. The Morgan fingerprint density at radius 3 is 2.68 bits per heavy atom. The molecule has 0 saturated heterocycles. The molecule has 0 unspecified atom stereocenters. The average Bonchev–Trinajstić information content (AvgIpc) is 2.38. The Morgan fingerprint density at radius 1 is 1.42 bits per heavy atom. The van der Waals surface area contributed by atoms with Crippen LogP contribution in [0.2, 0.25) is 0 Å². The Hall–Kier alpha value is -1.56. The lowest BCUT2D eigenvalue weighted by Crippen LogP contribution is -2.32. The zero-order chi connectivity index (χ0) is 14.0. The Bertz CT molecular complexity index is 480. The number of pyridine rings is 1. The van der Waals surface area contributed by atoms with Gasteiger partial charge in [-0.25, -0.2) is 4.98 Å². The van der Waals surface area contributed by atoms with Crippen molar-refractivity contribution >= 4 is 5.82 Å². The topological polar surface area (TPSA) is 42.1 Å². The van der Waals surface area contributed by atoms with Crippen molar-refractivity contribution in [3.63, 3.8) is 0 Å². The van der Waals surface area contributed by atoms with Crippen LogP contribution in [0.1, 0.15) is 24.9 Å². The molecular formula is C13H16F3N3. The minimum atomic E-state index is -4.22. The largest absolute Gasteiger partial charge is 0.412 e. The second-order valence-corrected chi connectivity index (χ2v) is 4.66. The fourth-order valence-corrected chi connectivity index (χ4v) is 2.03. The van der Waals surface area contributed by atoms with Crippen LogP contribution in [0.15, 0.2) is 30.0 Å².